The second-order valence-corrected chi connectivity index (χ2v) is 14.0. The van der Waals surface area contributed by atoms with Gasteiger partial charge >= 0.3 is 17.9 Å². The Kier molecular flexibility index (Phi) is 16.8. The number of carbonyl (C=O) groups excluding carboxylic acids is 4. The Labute approximate surface area is 343 Å². The average molecular weight is 833 g/mol. The number of hydrogen-bond acceptors (Lipinski definition) is 9. The minimum absolute atomic E-state index is 0.00854. The van der Waals surface area contributed by atoms with E-state index in [4.69, 9.17) is 10.2 Å². The largest absolute Gasteiger partial charge is 0.481 e. The van der Waals surface area contributed by atoms with Crippen LogP contribution in [0.4, 0.5) is 0 Å². The first-order valence-electron chi connectivity index (χ1n) is 18.0. The Morgan fingerprint density at radius 3 is 1.69 bits per heavy atom. The summed E-state index contributed by atoms with van der Waals surface area (Å²) in [4.78, 5) is 88.8. The summed E-state index contributed by atoms with van der Waals surface area (Å²) in [6.07, 6.45) is 3.31. The fraction of sp³-hybridized carbons (Fsp3) is 0.275. The molecule has 2 aromatic heterocycles. The number of benzene rings is 3. The summed E-state index contributed by atoms with van der Waals surface area (Å²) in [6.45, 7) is 0.320. The number of carbonyl (C=O) groups is 7. The molecule has 0 spiro atoms. The van der Waals surface area contributed by atoms with Gasteiger partial charge in [-0.15, -0.1) is 0 Å². The van der Waals surface area contributed by atoms with Crippen LogP contribution in [0.15, 0.2) is 91.3 Å². The number of carboxylic acid groups (broad SMARTS) is 3. The topological polar surface area (TPSA) is 260 Å². The molecule has 9 N–H and O–H groups in total. The summed E-state index contributed by atoms with van der Waals surface area (Å²) >= 11 is 8.08. The van der Waals surface area contributed by atoms with Gasteiger partial charge in [-0.1, -0.05) is 66.7 Å². The number of fused-ring (bicyclic) bond motifs is 2. The fourth-order valence-electron chi connectivity index (χ4n) is 5.98. The highest BCUT2D eigenvalue weighted by Crippen LogP contribution is 2.20. The summed E-state index contributed by atoms with van der Waals surface area (Å²) in [5.74, 6) is -6.53. The average Bonchev–Trinajstić information content (AvgIpc) is 3.81. The van der Waals surface area contributed by atoms with Gasteiger partial charge in [-0.25, -0.2) is 4.79 Å². The van der Waals surface area contributed by atoms with Crippen LogP contribution in [0.2, 0.25) is 0 Å². The molecule has 0 aliphatic heterocycles. The summed E-state index contributed by atoms with van der Waals surface area (Å²) in [5.41, 5.74) is 4.50. The van der Waals surface area contributed by atoms with Gasteiger partial charge in [0.05, 0.1) is 23.8 Å². The van der Waals surface area contributed by atoms with Gasteiger partial charge in [-0.2, -0.15) is 25.3 Å². The first-order valence-corrected chi connectivity index (χ1v) is 19.2. The van der Waals surface area contributed by atoms with Gasteiger partial charge < -0.3 is 46.6 Å². The standard InChI is InChI=1S/C23H25N3O4S.C17H19N3O6S/c27-21(28)13-19(26-23(30)20(31)12-15-6-2-1-3-7-15)22(29)24-11-10-16-14-25-18-9-5-4-8-17(16)18;21-14(8-27)19-12(6-15(22)23)16(24)20-13(17(25)26)5-9-7-18-11-4-2-1-3-10(9)11/h1-9,14,19-20,25,31H,10-13H2,(H,24,29)(H,26,30)(H,27,28);1-4,7,12-13,18,27H,5-6,8H2,(H,19,21)(H,20,24)(H,22,23)(H,25,26)/t19-,20-;12-,13-/m00/s1. The maximum atomic E-state index is 12.6. The minimum Gasteiger partial charge on any atom is -0.481 e. The first-order chi connectivity index (χ1) is 27.7. The molecule has 0 saturated heterocycles. The van der Waals surface area contributed by atoms with E-state index in [2.05, 4.69) is 56.5 Å². The molecule has 0 fully saturated rings. The van der Waals surface area contributed by atoms with E-state index in [1.54, 1.807) is 6.20 Å². The molecule has 0 aliphatic rings. The monoisotopic (exact) mass is 832 g/mol. The number of amides is 4. The molecule has 5 rings (SSSR count). The van der Waals surface area contributed by atoms with E-state index in [0.717, 1.165) is 32.9 Å². The zero-order valence-electron chi connectivity index (χ0n) is 31.0. The second kappa shape index (κ2) is 21.9. The van der Waals surface area contributed by atoms with Crippen LogP contribution in [0, 0.1) is 0 Å². The van der Waals surface area contributed by atoms with Crippen molar-refractivity contribution in [1.82, 2.24) is 31.2 Å². The molecule has 4 amide bonds. The molecule has 58 heavy (non-hydrogen) atoms. The highest BCUT2D eigenvalue weighted by molar-refractivity contribution is 7.81. The number of hydrogen-bond donors (Lipinski definition) is 11. The summed E-state index contributed by atoms with van der Waals surface area (Å²) in [5, 5.41) is 38.5. The van der Waals surface area contributed by atoms with Crippen molar-refractivity contribution in [2.75, 3.05) is 12.3 Å². The summed E-state index contributed by atoms with van der Waals surface area (Å²) < 4.78 is 0. The third-order valence-corrected chi connectivity index (χ3v) is 9.55. The van der Waals surface area contributed by atoms with E-state index in [-0.39, 0.29) is 12.2 Å². The Morgan fingerprint density at radius 1 is 0.603 bits per heavy atom. The number of carboxylic acids is 3. The van der Waals surface area contributed by atoms with Crippen molar-refractivity contribution in [1.29, 1.82) is 0 Å². The van der Waals surface area contributed by atoms with Crippen molar-refractivity contribution < 1.29 is 48.9 Å². The normalized spacial score (nSPS) is 12.9. The molecule has 0 bridgehead atoms. The molecular weight excluding hydrogens is 789 g/mol. The lowest BCUT2D eigenvalue weighted by atomic mass is 10.0. The maximum absolute atomic E-state index is 12.6. The van der Waals surface area contributed by atoms with Crippen molar-refractivity contribution in [2.45, 2.75) is 55.5 Å². The van der Waals surface area contributed by atoms with Crippen LogP contribution in [-0.4, -0.2) is 102 Å². The van der Waals surface area contributed by atoms with Crippen LogP contribution in [0.25, 0.3) is 21.8 Å². The predicted molar refractivity (Wildman–Crippen MR) is 222 cm³/mol. The number of rotatable bonds is 19. The van der Waals surface area contributed by atoms with Crippen LogP contribution < -0.4 is 21.3 Å². The molecule has 18 heteroatoms. The molecule has 5 aromatic rings. The number of aromatic nitrogens is 2. The third kappa shape index (κ3) is 13.4. The Balaban J connectivity index is 0.000000259. The molecule has 306 valence electrons. The van der Waals surface area contributed by atoms with Gasteiger partial charge in [0.1, 0.15) is 18.1 Å². The predicted octanol–water partition coefficient (Wildman–Crippen LogP) is 2.50. The smallest absolute Gasteiger partial charge is 0.326 e. The molecule has 4 atom stereocenters. The molecule has 0 unspecified atom stereocenters. The molecular formula is C40H44N6O10S2. The quantitative estimate of drug-likeness (QED) is 0.0542. The van der Waals surface area contributed by atoms with E-state index >= 15 is 0 Å². The van der Waals surface area contributed by atoms with E-state index in [0.29, 0.717) is 24.9 Å². The first kappa shape index (κ1) is 44.4. The van der Waals surface area contributed by atoms with Crippen molar-refractivity contribution in [3.05, 3.63) is 108 Å². The molecule has 0 saturated carbocycles. The van der Waals surface area contributed by atoms with Crippen LogP contribution in [0.5, 0.6) is 0 Å². The lowest BCUT2D eigenvalue weighted by Crippen LogP contribution is -2.53. The third-order valence-electron chi connectivity index (χ3n) is 8.84. The van der Waals surface area contributed by atoms with Crippen molar-refractivity contribution in [3.63, 3.8) is 0 Å². The number of para-hydroxylation sites is 2. The van der Waals surface area contributed by atoms with Gasteiger partial charge in [0.2, 0.25) is 23.6 Å². The maximum Gasteiger partial charge on any atom is 0.326 e. The molecule has 0 aliphatic carbocycles. The van der Waals surface area contributed by atoms with Gasteiger partial charge in [0, 0.05) is 47.2 Å². The molecule has 3 aromatic carbocycles. The summed E-state index contributed by atoms with van der Waals surface area (Å²) in [6, 6.07) is 20.7. The number of thiol groups is 2. The van der Waals surface area contributed by atoms with Crippen molar-refractivity contribution >= 4 is 88.6 Å². The lowest BCUT2D eigenvalue weighted by Gasteiger charge is -2.20. The van der Waals surface area contributed by atoms with Crippen LogP contribution in [0.1, 0.15) is 29.5 Å². The Morgan fingerprint density at radius 2 is 1.12 bits per heavy atom. The van der Waals surface area contributed by atoms with Crippen LogP contribution >= 0.6 is 25.3 Å². The number of H-pyrrole nitrogens is 2. The molecule has 0 radical (unpaired) electrons. The fourth-order valence-corrected chi connectivity index (χ4v) is 6.36. The number of aliphatic carboxylic acids is 3. The van der Waals surface area contributed by atoms with Crippen molar-refractivity contribution in [3.8, 4) is 0 Å². The van der Waals surface area contributed by atoms with Crippen molar-refractivity contribution in [2.24, 2.45) is 0 Å². The van der Waals surface area contributed by atoms with Gasteiger partial charge in [0.15, 0.2) is 0 Å². The van der Waals surface area contributed by atoms with E-state index in [1.165, 1.54) is 0 Å². The summed E-state index contributed by atoms with van der Waals surface area (Å²) in [7, 11) is 0. The Bertz CT molecular complexity index is 2230. The second-order valence-electron chi connectivity index (χ2n) is 13.1. The minimum atomic E-state index is -1.40. The number of nitrogens with one attached hydrogen (secondary N) is 6. The van der Waals surface area contributed by atoms with E-state index in [1.807, 2.05) is 85.1 Å². The number of aromatic amines is 2. The Hall–Kier alpha value is -6.27. The zero-order valence-corrected chi connectivity index (χ0v) is 32.8. The zero-order chi connectivity index (χ0) is 42.2. The highest BCUT2D eigenvalue weighted by Gasteiger charge is 2.29. The van der Waals surface area contributed by atoms with Gasteiger partial charge in [-0.3, -0.25) is 28.8 Å². The van der Waals surface area contributed by atoms with Gasteiger partial charge in [0.25, 0.3) is 0 Å². The lowest BCUT2D eigenvalue weighted by molar-refractivity contribution is -0.143. The van der Waals surface area contributed by atoms with Crippen LogP contribution in [-0.2, 0) is 52.8 Å². The van der Waals surface area contributed by atoms with Crippen LogP contribution in [0.3, 0.4) is 0 Å². The SMILES string of the molecule is O=C(O)C[C@H](NC(=O)CS)C(=O)N[C@@H](Cc1c[nH]c2ccccc12)C(=O)O.O=C(O)C[C@H](NC(=O)[C@@H](S)Cc1ccccc1)C(=O)NCCc1c[nH]c2ccccc12. The highest BCUT2D eigenvalue weighted by atomic mass is 32.1. The van der Waals surface area contributed by atoms with E-state index < -0.39 is 77.8 Å². The molecule has 16 nitrogen and oxygen atoms in total. The van der Waals surface area contributed by atoms with Gasteiger partial charge in [-0.05, 0) is 41.7 Å². The molecule has 2 heterocycles. The van der Waals surface area contributed by atoms with E-state index in [9.17, 15) is 38.7 Å².